The maximum Gasteiger partial charge on any atom is 0.124 e. The van der Waals surface area contributed by atoms with E-state index in [-0.39, 0.29) is 0 Å². The lowest BCUT2D eigenvalue weighted by Crippen LogP contribution is -2.28. The maximum atomic E-state index is 4.40. The normalized spacial score (nSPS) is 16.5. The summed E-state index contributed by atoms with van der Waals surface area (Å²) in [5, 5.41) is 3.33. The van der Waals surface area contributed by atoms with Gasteiger partial charge in [0, 0.05) is 19.6 Å². The van der Waals surface area contributed by atoms with Crippen molar-refractivity contribution in [2.75, 3.05) is 6.54 Å². The lowest BCUT2D eigenvalue weighted by molar-refractivity contribution is 0.506. The van der Waals surface area contributed by atoms with E-state index in [1.165, 1.54) is 5.69 Å². The average Bonchev–Trinajstić information content (AvgIpc) is 2.30. The van der Waals surface area contributed by atoms with Gasteiger partial charge >= 0.3 is 0 Å². The molecule has 0 aliphatic carbocycles. The predicted molar refractivity (Wildman–Crippen MR) is 51.4 cm³/mol. The van der Waals surface area contributed by atoms with Crippen LogP contribution in [0.25, 0.3) is 0 Å². The van der Waals surface area contributed by atoms with Crippen LogP contribution in [-0.2, 0) is 13.1 Å². The van der Waals surface area contributed by atoms with Crippen molar-refractivity contribution in [2.24, 2.45) is 0 Å². The molecule has 0 spiro atoms. The molecule has 1 aliphatic heterocycles. The van der Waals surface area contributed by atoms with Crippen molar-refractivity contribution in [3.8, 4) is 0 Å². The molecule has 0 fully saturated rings. The summed E-state index contributed by atoms with van der Waals surface area (Å²) < 4.78 is 3.44. The minimum atomic E-state index is 0.971. The molecule has 11 heavy (non-hydrogen) atoms. The van der Waals surface area contributed by atoms with Gasteiger partial charge in [-0.25, -0.2) is 4.98 Å². The highest BCUT2D eigenvalue weighted by Crippen LogP contribution is 2.15. The predicted octanol–water partition coefficient (Wildman–Crippen LogP) is 0.899. The fourth-order valence-corrected chi connectivity index (χ4v) is 2.27. The molecule has 0 amide bonds. The molecule has 1 N–H and O–H groups in total. The third kappa shape index (κ3) is 1.18. The number of fused-ring (bicyclic) bond motifs is 1. The van der Waals surface area contributed by atoms with Gasteiger partial charge in [0.15, 0.2) is 0 Å². The van der Waals surface area contributed by atoms with Crippen molar-refractivity contribution < 1.29 is 0 Å². The molecule has 0 aromatic carbocycles. The number of nitrogens with one attached hydrogen (secondary N) is 1. The molecule has 0 unspecified atom stereocenters. The van der Waals surface area contributed by atoms with Gasteiger partial charge in [0.1, 0.15) is 9.53 Å². The minimum absolute atomic E-state index is 0.971. The quantitative estimate of drug-likeness (QED) is 0.705. The molecule has 2 rings (SSSR count). The third-order valence-electron chi connectivity index (χ3n) is 2.02. The van der Waals surface area contributed by atoms with Crippen molar-refractivity contribution in [3.05, 3.63) is 15.2 Å². The lowest BCUT2D eigenvalue weighted by Gasteiger charge is -2.16. The van der Waals surface area contributed by atoms with Crippen LogP contribution < -0.4 is 5.32 Å². The van der Waals surface area contributed by atoms with Crippen LogP contribution in [0.3, 0.4) is 0 Å². The van der Waals surface area contributed by atoms with E-state index in [9.17, 15) is 0 Å². The standard InChI is InChI=1S/C7H10IN3/c1-5-10-7(8)6-4-9-2-3-11(5)6/h9H,2-4H2,1H3. The maximum absolute atomic E-state index is 4.40. The first-order valence-electron chi connectivity index (χ1n) is 3.71. The van der Waals surface area contributed by atoms with Crippen LogP contribution in [0, 0.1) is 10.6 Å². The van der Waals surface area contributed by atoms with Crippen LogP contribution in [-0.4, -0.2) is 16.1 Å². The zero-order chi connectivity index (χ0) is 7.84. The van der Waals surface area contributed by atoms with E-state index in [4.69, 9.17) is 0 Å². The molecule has 1 aliphatic rings. The van der Waals surface area contributed by atoms with Crippen LogP contribution >= 0.6 is 22.6 Å². The second-order valence-corrected chi connectivity index (χ2v) is 3.75. The number of rotatable bonds is 0. The summed E-state index contributed by atoms with van der Waals surface area (Å²) in [6.45, 7) is 5.17. The zero-order valence-corrected chi connectivity index (χ0v) is 8.55. The summed E-state index contributed by atoms with van der Waals surface area (Å²) in [4.78, 5) is 4.40. The van der Waals surface area contributed by atoms with E-state index in [2.05, 4.69) is 44.4 Å². The topological polar surface area (TPSA) is 29.9 Å². The largest absolute Gasteiger partial charge is 0.329 e. The number of imidazole rings is 1. The number of nitrogens with zero attached hydrogens (tertiary/aromatic N) is 2. The van der Waals surface area contributed by atoms with E-state index < -0.39 is 0 Å². The Labute approximate surface area is 79.3 Å². The van der Waals surface area contributed by atoms with Crippen molar-refractivity contribution in [1.29, 1.82) is 0 Å². The Kier molecular flexibility index (Phi) is 1.88. The Morgan fingerprint density at radius 1 is 1.64 bits per heavy atom. The van der Waals surface area contributed by atoms with E-state index in [1.54, 1.807) is 0 Å². The van der Waals surface area contributed by atoms with Gasteiger partial charge in [-0.15, -0.1) is 0 Å². The first-order chi connectivity index (χ1) is 5.29. The number of hydrogen-bond donors (Lipinski definition) is 1. The first kappa shape index (κ1) is 7.54. The summed E-state index contributed by atoms with van der Waals surface area (Å²) in [6, 6.07) is 0. The SMILES string of the molecule is Cc1nc(I)c2n1CCNC2. The van der Waals surface area contributed by atoms with Crippen LogP contribution in [0.4, 0.5) is 0 Å². The Bertz CT molecular complexity index is 253. The van der Waals surface area contributed by atoms with E-state index in [1.807, 2.05) is 0 Å². The second kappa shape index (κ2) is 2.75. The first-order valence-corrected chi connectivity index (χ1v) is 4.79. The fraction of sp³-hybridized carbons (Fsp3) is 0.571. The molecule has 0 atom stereocenters. The highest BCUT2D eigenvalue weighted by atomic mass is 127. The van der Waals surface area contributed by atoms with Gasteiger partial charge in [0.25, 0.3) is 0 Å². The molecular formula is C7H10IN3. The Morgan fingerprint density at radius 3 is 3.18 bits per heavy atom. The summed E-state index contributed by atoms with van der Waals surface area (Å²) >= 11 is 2.29. The average molecular weight is 263 g/mol. The summed E-state index contributed by atoms with van der Waals surface area (Å²) in [7, 11) is 0. The van der Waals surface area contributed by atoms with Crippen LogP contribution in [0.5, 0.6) is 0 Å². The summed E-state index contributed by atoms with van der Waals surface area (Å²) in [5.74, 6) is 1.14. The highest BCUT2D eigenvalue weighted by Gasteiger charge is 2.14. The summed E-state index contributed by atoms with van der Waals surface area (Å²) in [6.07, 6.45) is 0. The monoisotopic (exact) mass is 263 g/mol. The molecule has 1 aromatic heterocycles. The molecule has 2 heterocycles. The molecule has 60 valence electrons. The van der Waals surface area contributed by atoms with Gasteiger partial charge in [0.2, 0.25) is 0 Å². The molecular weight excluding hydrogens is 253 g/mol. The molecule has 3 nitrogen and oxygen atoms in total. The molecule has 0 saturated heterocycles. The molecule has 0 saturated carbocycles. The van der Waals surface area contributed by atoms with E-state index in [0.717, 1.165) is 29.2 Å². The fourth-order valence-electron chi connectivity index (χ4n) is 1.44. The van der Waals surface area contributed by atoms with Gasteiger partial charge in [0.05, 0.1) is 5.69 Å². The van der Waals surface area contributed by atoms with Crippen molar-refractivity contribution in [2.45, 2.75) is 20.0 Å². The van der Waals surface area contributed by atoms with E-state index >= 15 is 0 Å². The van der Waals surface area contributed by atoms with Crippen LogP contribution in [0.2, 0.25) is 0 Å². The number of halogens is 1. The molecule has 0 bridgehead atoms. The van der Waals surface area contributed by atoms with Crippen LogP contribution in [0.15, 0.2) is 0 Å². The van der Waals surface area contributed by atoms with E-state index in [0.29, 0.717) is 0 Å². The van der Waals surface area contributed by atoms with Gasteiger partial charge in [-0.05, 0) is 29.5 Å². The third-order valence-corrected chi connectivity index (χ3v) is 2.88. The number of aromatic nitrogens is 2. The molecule has 0 radical (unpaired) electrons. The number of hydrogen-bond acceptors (Lipinski definition) is 2. The molecule has 1 aromatic rings. The second-order valence-electron chi connectivity index (χ2n) is 2.72. The van der Waals surface area contributed by atoms with Gasteiger partial charge in [-0.1, -0.05) is 0 Å². The minimum Gasteiger partial charge on any atom is -0.329 e. The Morgan fingerprint density at radius 2 is 2.45 bits per heavy atom. The van der Waals surface area contributed by atoms with Crippen molar-refractivity contribution in [3.63, 3.8) is 0 Å². The van der Waals surface area contributed by atoms with Crippen molar-refractivity contribution >= 4 is 22.6 Å². The zero-order valence-electron chi connectivity index (χ0n) is 6.39. The Hall–Kier alpha value is -0.100. The highest BCUT2D eigenvalue weighted by molar-refractivity contribution is 14.1. The lowest BCUT2D eigenvalue weighted by atomic mass is 10.3. The molecule has 4 heteroatoms. The van der Waals surface area contributed by atoms with Gasteiger partial charge in [-0.2, -0.15) is 0 Å². The smallest absolute Gasteiger partial charge is 0.124 e. The Balaban J connectivity index is 2.52. The van der Waals surface area contributed by atoms with Crippen molar-refractivity contribution in [1.82, 2.24) is 14.9 Å². The van der Waals surface area contributed by atoms with Gasteiger partial charge in [-0.3, -0.25) is 0 Å². The van der Waals surface area contributed by atoms with Crippen LogP contribution in [0.1, 0.15) is 11.5 Å². The number of aryl methyl sites for hydroxylation is 1. The summed E-state index contributed by atoms with van der Waals surface area (Å²) in [5.41, 5.74) is 1.34. The van der Waals surface area contributed by atoms with Gasteiger partial charge < -0.3 is 9.88 Å².